The summed E-state index contributed by atoms with van der Waals surface area (Å²) in [6.45, 7) is 3.75. The van der Waals surface area contributed by atoms with Crippen molar-refractivity contribution >= 4 is 17.7 Å². The first kappa shape index (κ1) is 19.2. The Bertz CT molecular complexity index is 730. The zero-order valence-corrected chi connectivity index (χ0v) is 14.9. The van der Waals surface area contributed by atoms with E-state index >= 15 is 0 Å². The Balaban J connectivity index is 1.93. The first-order valence-corrected chi connectivity index (χ1v) is 8.31. The van der Waals surface area contributed by atoms with E-state index in [0.29, 0.717) is 24.7 Å². The molecule has 0 saturated carbocycles. The first-order chi connectivity index (χ1) is 12.6. The van der Waals surface area contributed by atoms with Gasteiger partial charge in [0, 0.05) is 18.8 Å². The zero-order chi connectivity index (χ0) is 18.8. The van der Waals surface area contributed by atoms with Gasteiger partial charge in [0.05, 0.1) is 13.7 Å². The normalized spacial score (nSPS) is 11.0. The Labute approximate surface area is 152 Å². The highest BCUT2D eigenvalue weighted by molar-refractivity contribution is 5.84. The van der Waals surface area contributed by atoms with Gasteiger partial charge in [-0.2, -0.15) is 0 Å². The van der Waals surface area contributed by atoms with E-state index in [-0.39, 0.29) is 5.82 Å². The predicted octanol–water partition coefficient (Wildman–Crippen LogP) is 3.26. The molecule has 0 spiro atoms. The molecular weight excluding hydrogens is 335 g/mol. The van der Waals surface area contributed by atoms with Crippen molar-refractivity contribution in [2.45, 2.75) is 20.0 Å². The highest BCUT2D eigenvalue weighted by atomic mass is 19.1. The molecule has 0 aliphatic heterocycles. The summed E-state index contributed by atoms with van der Waals surface area (Å²) < 4.78 is 17.5. The third-order valence-electron chi connectivity index (χ3n) is 3.52. The van der Waals surface area contributed by atoms with E-state index in [1.54, 1.807) is 24.3 Å². The molecule has 1 amide bonds. The maximum atomic E-state index is 12.9. The first-order valence-electron chi connectivity index (χ1n) is 8.31. The van der Waals surface area contributed by atoms with Gasteiger partial charge < -0.3 is 15.4 Å². The van der Waals surface area contributed by atoms with E-state index in [2.05, 4.69) is 25.7 Å². The van der Waals surface area contributed by atoms with Gasteiger partial charge in [-0.05, 0) is 42.3 Å². The molecule has 0 aliphatic rings. The number of carbonyl (C=O) groups excluding carboxylic acids is 1. The average molecular weight is 358 g/mol. The molecule has 7 heteroatoms. The Morgan fingerprint density at radius 1 is 1.04 bits per heavy atom. The van der Waals surface area contributed by atoms with Crippen LogP contribution < -0.4 is 16.0 Å². The minimum Gasteiger partial charge on any atom is -0.453 e. The van der Waals surface area contributed by atoms with Crippen LogP contribution in [0.1, 0.15) is 18.1 Å². The van der Waals surface area contributed by atoms with Crippen molar-refractivity contribution in [3.8, 4) is 0 Å². The van der Waals surface area contributed by atoms with Crippen LogP contribution in [0.5, 0.6) is 0 Å². The molecule has 2 aromatic carbocycles. The van der Waals surface area contributed by atoms with E-state index < -0.39 is 6.09 Å². The molecule has 0 radical (unpaired) electrons. The number of nitrogens with one attached hydrogen (secondary N) is 3. The number of nitrogens with zero attached hydrogens (tertiary/aromatic N) is 1. The lowest BCUT2D eigenvalue weighted by molar-refractivity contribution is 0.187. The fourth-order valence-electron chi connectivity index (χ4n) is 2.16. The molecule has 26 heavy (non-hydrogen) atoms. The van der Waals surface area contributed by atoms with E-state index in [4.69, 9.17) is 0 Å². The molecule has 2 aromatic rings. The average Bonchev–Trinajstić information content (AvgIpc) is 2.66. The highest BCUT2D eigenvalue weighted by Gasteiger charge is 2.02. The van der Waals surface area contributed by atoms with Gasteiger partial charge in [-0.15, -0.1) is 0 Å². The van der Waals surface area contributed by atoms with Crippen LogP contribution in [0.25, 0.3) is 0 Å². The summed E-state index contributed by atoms with van der Waals surface area (Å²) in [7, 11) is 1.32. The minimum absolute atomic E-state index is 0.251. The van der Waals surface area contributed by atoms with Crippen LogP contribution in [-0.4, -0.2) is 25.7 Å². The van der Waals surface area contributed by atoms with Crippen molar-refractivity contribution in [3.05, 3.63) is 65.5 Å². The Morgan fingerprint density at radius 2 is 1.69 bits per heavy atom. The van der Waals surface area contributed by atoms with Crippen molar-refractivity contribution in [2.24, 2.45) is 4.99 Å². The highest BCUT2D eigenvalue weighted by Crippen LogP contribution is 2.10. The van der Waals surface area contributed by atoms with Gasteiger partial charge in [0.1, 0.15) is 5.82 Å². The topological polar surface area (TPSA) is 74.8 Å². The standard InChI is InChI=1S/C19H23FN4O2/c1-3-21-18(22-12-14-4-8-16(20)9-5-14)23-13-15-6-10-17(11-7-15)24-19(25)26-2/h4-11H,3,12-13H2,1-2H3,(H,24,25)(H2,21,22,23). The van der Waals surface area contributed by atoms with Gasteiger partial charge in [-0.25, -0.2) is 14.2 Å². The molecule has 3 N–H and O–H groups in total. The SMILES string of the molecule is CCNC(=NCc1ccc(NC(=O)OC)cc1)NCc1ccc(F)cc1. The van der Waals surface area contributed by atoms with Crippen molar-refractivity contribution in [2.75, 3.05) is 19.0 Å². The molecule has 0 aromatic heterocycles. The second kappa shape index (κ2) is 10.0. The third kappa shape index (κ3) is 6.43. The Morgan fingerprint density at radius 3 is 2.31 bits per heavy atom. The van der Waals surface area contributed by atoms with Gasteiger partial charge in [-0.3, -0.25) is 5.32 Å². The summed E-state index contributed by atoms with van der Waals surface area (Å²) in [6.07, 6.45) is -0.504. The molecule has 0 bridgehead atoms. The molecule has 138 valence electrons. The van der Waals surface area contributed by atoms with Crippen molar-refractivity contribution < 1.29 is 13.9 Å². The van der Waals surface area contributed by atoms with Crippen LogP contribution in [0.4, 0.5) is 14.9 Å². The number of amides is 1. The summed E-state index contributed by atoms with van der Waals surface area (Å²) in [5, 5.41) is 8.98. The van der Waals surface area contributed by atoms with E-state index in [1.807, 2.05) is 19.1 Å². The number of rotatable bonds is 6. The van der Waals surface area contributed by atoms with Gasteiger partial charge >= 0.3 is 6.09 Å². The van der Waals surface area contributed by atoms with Gasteiger partial charge in [0.2, 0.25) is 0 Å². The number of halogens is 1. The number of guanidine groups is 1. The van der Waals surface area contributed by atoms with Crippen molar-refractivity contribution in [1.82, 2.24) is 10.6 Å². The smallest absolute Gasteiger partial charge is 0.411 e. The van der Waals surface area contributed by atoms with Gasteiger partial charge in [0.15, 0.2) is 5.96 Å². The van der Waals surface area contributed by atoms with Crippen LogP contribution >= 0.6 is 0 Å². The second-order valence-corrected chi connectivity index (χ2v) is 5.49. The summed E-state index contributed by atoms with van der Waals surface area (Å²) in [5.41, 5.74) is 2.63. The predicted molar refractivity (Wildman–Crippen MR) is 101 cm³/mol. The van der Waals surface area contributed by atoms with Gasteiger partial charge in [0.25, 0.3) is 0 Å². The molecular formula is C19H23FN4O2. The number of benzene rings is 2. The van der Waals surface area contributed by atoms with Crippen LogP contribution in [0, 0.1) is 5.82 Å². The maximum Gasteiger partial charge on any atom is 0.411 e. The number of ether oxygens (including phenoxy) is 1. The number of hydrogen-bond donors (Lipinski definition) is 3. The van der Waals surface area contributed by atoms with Crippen molar-refractivity contribution in [1.29, 1.82) is 0 Å². The number of methoxy groups -OCH3 is 1. The molecule has 2 rings (SSSR count). The monoisotopic (exact) mass is 358 g/mol. The maximum absolute atomic E-state index is 12.9. The van der Waals surface area contributed by atoms with E-state index in [1.165, 1.54) is 19.2 Å². The van der Waals surface area contributed by atoms with Crippen LogP contribution in [-0.2, 0) is 17.8 Å². The second-order valence-electron chi connectivity index (χ2n) is 5.49. The fraction of sp³-hybridized carbons (Fsp3) is 0.263. The summed E-state index contributed by atoms with van der Waals surface area (Å²) in [6, 6.07) is 13.7. The van der Waals surface area contributed by atoms with E-state index in [9.17, 15) is 9.18 Å². The lowest BCUT2D eigenvalue weighted by atomic mass is 10.2. The minimum atomic E-state index is -0.504. The molecule has 0 heterocycles. The Hall–Kier alpha value is -3.09. The molecule has 0 unspecified atom stereocenters. The molecule has 0 aliphatic carbocycles. The molecule has 0 atom stereocenters. The van der Waals surface area contributed by atoms with Crippen LogP contribution in [0.3, 0.4) is 0 Å². The van der Waals surface area contributed by atoms with Crippen LogP contribution in [0.2, 0.25) is 0 Å². The third-order valence-corrected chi connectivity index (χ3v) is 3.52. The van der Waals surface area contributed by atoms with Crippen LogP contribution in [0.15, 0.2) is 53.5 Å². The summed E-state index contributed by atoms with van der Waals surface area (Å²) >= 11 is 0. The number of aliphatic imine (C=N–C) groups is 1. The molecule has 0 saturated heterocycles. The quantitative estimate of drug-likeness (QED) is 0.547. The molecule has 0 fully saturated rings. The van der Waals surface area contributed by atoms with E-state index in [0.717, 1.165) is 17.7 Å². The lowest BCUT2D eigenvalue weighted by Crippen LogP contribution is -2.36. The molecule has 6 nitrogen and oxygen atoms in total. The number of anilines is 1. The largest absolute Gasteiger partial charge is 0.453 e. The zero-order valence-electron chi connectivity index (χ0n) is 14.9. The lowest BCUT2D eigenvalue weighted by Gasteiger charge is -2.11. The number of carbonyl (C=O) groups is 1. The Kier molecular flexibility index (Phi) is 7.42. The van der Waals surface area contributed by atoms with Crippen molar-refractivity contribution in [3.63, 3.8) is 0 Å². The fourth-order valence-corrected chi connectivity index (χ4v) is 2.16. The summed E-state index contributed by atoms with van der Waals surface area (Å²) in [4.78, 5) is 15.7. The summed E-state index contributed by atoms with van der Waals surface area (Å²) in [5.74, 6) is 0.424. The number of hydrogen-bond acceptors (Lipinski definition) is 3. The van der Waals surface area contributed by atoms with Gasteiger partial charge in [-0.1, -0.05) is 24.3 Å².